The maximum Gasteiger partial charge on any atom is 0.338 e. The van der Waals surface area contributed by atoms with Crippen molar-refractivity contribution >= 4 is 47.1 Å². The lowest BCUT2D eigenvalue weighted by atomic mass is 9.75. The summed E-state index contributed by atoms with van der Waals surface area (Å²) in [6.07, 6.45) is 4.98. The molecule has 4 aromatic carbocycles. The van der Waals surface area contributed by atoms with Gasteiger partial charge in [0.2, 0.25) is 11.8 Å². The number of fused-ring (bicyclic) bond motifs is 2. The number of carboxylic acids is 2. The number of aliphatic hydroxyl groups is 2. The number of hydrogen-bond donors (Lipinski definition) is 6. The number of anilines is 2. The summed E-state index contributed by atoms with van der Waals surface area (Å²) in [6.45, 7) is 6.33. The van der Waals surface area contributed by atoms with Gasteiger partial charge >= 0.3 is 11.9 Å². The Labute approximate surface area is 431 Å². The minimum atomic E-state index is -2.19. The predicted molar refractivity (Wildman–Crippen MR) is 268 cm³/mol. The van der Waals surface area contributed by atoms with E-state index in [1.165, 1.54) is 0 Å². The molecular formula is C56H70N4O14. The standard InChI is InChI=1S/2C27H34N2O5.C2H2O4/c2*1-3-17(16-30)19-11-12-28-24(13-19)26(34-27(32)18-7-5-4-6-8-18)22-15-25(31)29-23-10-9-20(33-2)14-21(22)23;3-1(4)2(5)6/h2*4-10,14,17,19,22,24,26,28,30H,3,11-13,15-16H2,1-2H3,(H,29,31);(H,3,4)(H,5,6). The fraction of sp³-hybridized carbons (Fsp3) is 0.464. The van der Waals surface area contributed by atoms with Gasteiger partial charge in [-0.15, -0.1) is 0 Å². The third-order valence-electron chi connectivity index (χ3n) is 15.0. The Hall–Kier alpha value is -6.86. The van der Waals surface area contributed by atoms with Gasteiger partial charge in [0, 0.05) is 62.1 Å². The van der Waals surface area contributed by atoms with Crippen LogP contribution in [0.1, 0.15) is 109 Å². The molecule has 0 spiro atoms. The van der Waals surface area contributed by atoms with E-state index in [1.807, 2.05) is 72.8 Å². The molecule has 4 aliphatic heterocycles. The Balaban J connectivity index is 0.000000217. The molecule has 0 saturated carbocycles. The van der Waals surface area contributed by atoms with Crippen LogP contribution in [0.5, 0.6) is 11.5 Å². The molecule has 18 heteroatoms. The number of carboxylic acid groups (broad SMARTS) is 2. The number of piperidine rings is 2. The van der Waals surface area contributed by atoms with E-state index in [-0.39, 0.29) is 85.6 Å². The third kappa shape index (κ3) is 14.7. The minimum Gasteiger partial charge on any atom is -0.543 e. The molecule has 18 nitrogen and oxygen atoms in total. The Morgan fingerprint density at radius 2 is 0.986 bits per heavy atom. The van der Waals surface area contributed by atoms with Crippen molar-refractivity contribution in [1.82, 2.24) is 0 Å². The molecule has 8 N–H and O–H groups in total. The van der Waals surface area contributed by atoms with Crippen molar-refractivity contribution in [2.45, 2.75) is 101 Å². The summed E-state index contributed by atoms with van der Waals surface area (Å²) in [6, 6.07) is 29.2. The summed E-state index contributed by atoms with van der Waals surface area (Å²) in [7, 11) is 3.23. The van der Waals surface area contributed by atoms with E-state index in [4.69, 9.17) is 38.7 Å². The molecule has 10 atom stereocenters. The van der Waals surface area contributed by atoms with Gasteiger partial charge in [-0.1, -0.05) is 63.1 Å². The second-order valence-corrected chi connectivity index (χ2v) is 19.3. The zero-order valence-corrected chi connectivity index (χ0v) is 42.4. The number of aliphatic hydroxyl groups excluding tert-OH is 2. The van der Waals surface area contributed by atoms with E-state index in [2.05, 4.69) is 35.1 Å². The van der Waals surface area contributed by atoms with E-state index in [0.717, 1.165) is 74.1 Å². The van der Waals surface area contributed by atoms with Crippen LogP contribution in [0.3, 0.4) is 0 Å². The highest BCUT2D eigenvalue weighted by molar-refractivity contribution is 6.25. The molecule has 0 aromatic heterocycles. The third-order valence-corrected chi connectivity index (χ3v) is 15.0. The van der Waals surface area contributed by atoms with Crippen molar-refractivity contribution in [1.29, 1.82) is 0 Å². The number of esters is 2. The van der Waals surface area contributed by atoms with E-state index in [0.29, 0.717) is 34.5 Å². The SMILES string of the molecule is CCC(CO)C1CC[NH2+]C(C(OC(=O)c2ccccc2)C2CC(=O)Nc3ccc(OC)cc32)C1.CCC(CO)C1CC[NH2+]C(C(OC(=O)c2ccccc2)C2CC(=O)Nc3ccc(OC)cc32)C1.O=C([O-])C(=O)[O-]. The number of nitrogens with two attached hydrogens (primary N) is 2. The number of carbonyl (C=O) groups excluding carboxylic acids is 6. The molecule has 0 bridgehead atoms. The molecule has 74 heavy (non-hydrogen) atoms. The van der Waals surface area contributed by atoms with Crippen LogP contribution >= 0.6 is 0 Å². The number of hydrogen-bond acceptors (Lipinski definition) is 14. The molecule has 0 radical (unpaired) electrons. The van der Waals surface area contributed by atoms with Crippen molar-refractivity contribution < 1.29 is 78.8 Å². The van der Waals surface area contributed by atoms with Crippen molar-refractivity contribution in [3.63, 3.8) is 0 Å². The maximum atomic E-state index is 13.2. The summed E-state index contributed by atoms with van der Waals surface area (Å²) in [4.78, 5) is 69.6. The monoisotopic (exact) mass is 1020 g/mol. The van der Waals surface area contributed by atoms with E-state index in [1.54, 1.807) is 38.5 Å². The number of amides is 2. The minimum absolute atomic E-state index is 0.0121. The second kappa shape index (κ2) is 27.4. The number of benzene rings is 4. The topological polar surface area (TPSA) is 283 Å². The van der Waals surface area contributed by atoms with Crippen LogP contribution in [0.15, 0.2) is 97.1 Å². The Kier molecular flexibility index (Phi) is 20.9. The Bertz CT molecular complexity index is 2350. The highest BCUT2D eigenvalue weighted by atomic mass is 16.6. The van der Waals surface area contributed by atoms with Crippen LogP contribution in [0.2, 0.25) is 0 Å². The van der Waals surface area contributed by atoms with E-state index >= 15 is 0 Å². The summed E-state index contributed by atoms with van der Waals surface area (Å²) >= 11 is 0. The van der Waals surface area contributed by atoms with Gasteiger partial charge in [0.25, 0.3) is 0 Å². The van der Waals surface area contributed by atoms with Crippen molar-refractivity contribution in [2.24, 2.45) is 23.7 Å². The summed E-state index contributed by atoms with van der Waals surface area (Å²) in [5.74, 6) is -3.34. The van der Waals surface area contributed by atoms with Crippen molar-refractivity contribution in [2.75, 3.05) is 51.2 Å². The molecule has 2 fully saturated rings. The number of carbonyl (C=O) groups is 6. The van der Waals surface area contributed by atoms with Gasteiger partial charge in [0.05, 0.1) is 50.4 Å². The zero-order valence-electron chi connectivity index (χ0n) is 42.4. The van der Waals surface area contributed by atoms with Gasteiger partial charge < -0.3 is 70.2 Å². The number of quaternary nitrogens is 2. The number of methoxy groups -OCH3 is 2. The van der Waals surface area contributed by atoms with E-state index in [9.17, 15) is 29.4 Å². The maximum absolute atomic E-state index is 13.2. The molecular weight excluding hydrogens is 953 g/mol. The van der Waals surface area contributed by atoms with Crippen LogP contribution < -0.4 is 41.0 Å². The van der Waals surface area contributed by atoms with Gasteiger partial charge in [-0.05, 0) is 108 Å². The smallest absolute Gasteiger partial charge is 0.338 e. The lowest BCUT2D eigenvalue weighted by Crippen LogP contribution is -2.95. The average molecular weight is 1020 g/mol. The van der Waals surface area contributed by atoms with Gasteiger partial charge in [-0.25, -0.2) is 9.59 Å². The first-order chi connectivity index (χ1) is 35.7. The molecule has 4 aliphatic rings. The Morgan fingerprint density at radius 3 is 1.31 bits per heavy atom. The average Bonchev–Trinajstić information content (AvgIpc) is 3.42. The molecule has 2 saturated heterocycles. The molecule has 2 amide bonds. The highest BCUT2D eigenvalue weighted by Gasteiger charge is 2.46. The van der Waals surface area contributed by atoms with Gasteiger partial charge in [-0.3, -0.25) is 9.59 Å². The van der Waals surface area contributed by atoms with Gasteiger partial charge in [0.15, 0.2) is 12.2 Å². The van der Waals surface area contributed by atoms with Gasteiger partial charge in [-0.2, -0.15) is 0 Å². The first kappa shape index (κ1) is 56.4. The fourth-order valence-corrected chi connectivity index (χ4v) is 11.0. The van der Waals surface area contributed by atoms with Gasteiger partial charge in [0.1, 0.15) is 23.6 Å². The summed E-state index contributed by atoms with van der Waals surface area (Å²) in [5, 5.41) is 48.1. The first-order valence-electron chi connectivity index (χ1n) is 25.5. The predicted octanol–water partition coefficient (Wildman–Crippen LogP) is 1.90. The number of rotatable bonds is 16. The summed E-state index contributed by atoms with van der Waals surface area (Å²) < 4.78 is 23.4. The lowest BCUT2D eigenvalue weighted by molar-refractivity contribution is -0.707. The molecule has 398 valence electrons. The van der Waals surface area contributed by atoms with Crippen LogP contribution in [-0.4, -0.2) is 111 Å². The van der Waals surface area contributed by atoms with E-state index < -0.39 is 24.1 Å². The molecule has 8 rings (SSSR count). The zero-order chi connectivity index (χ0) is 53.3. The lowest BCUT2D eigenvalue weighted by Gasteiger charge is -2.39. The normalized spacial score (nSPS) is 22.5. The van der Waals surface area contributed by atoms with Crippen LogP contribution in [0.25, 0.3) is 0 Å². The largest absolute Gasteiger partial charge is 0.543 e. The quantitative estimate of drug-likeness (QED) is 0.0691. The molecule has 10 unspecified atom stereocenters. The van der Waals surface area contributed by atoms with Crippen molar-refractivity contribution in [3.05, 3.63) is 119 Å². The number of nitrogens with one attached hydrogen (secondary N) is 2. The van der Waals surface area contributed by atoms with Crippen LogP contribution in [0.4, 0.5) is 11.4 Å². The van der Waals surface area contributed by atoms with Crippen LogP contribution in [-0.2, 0) is 28.7 Å². The summed E-state index contributed by atoms with van der Waals surface area (Å²) in [5.41, 5.74) is 4.30. The highest BCUT2D eigenvalue weighted by Crippen LogP contribution is 2.42. The molecule has 4 heterocycles. The van der Waals surface area contributed by atoms with Crippen LogP contribution in [0, 0.1) is 23.7 Å². The molecule has 4 aromatic rings. The molecule has 0 aliphatic carbocycles. The number of ether oxygens (including phenoxy) is 4. The first-order valence-corrected chi connectivity index (χ1v) is 25.5. The fourth-order valence-electron chi connectivity index (χ4n) is 11.0. The number of aliphatic carboxylic acids is 2. The van der Waals surface area contributed by atoms with Crippen molar-refractivity contribution in [3.8, 4) is 11.5 Å². The second-order valence-electron chi connectivity index (χ2n) is 19.3. The Morgan fingerprint density at radius 1 is 0.608 bits per heavy atom.